The first-order valence-corrected chi connectivity index (χ1v) is 7.94. The summed E-state index contributed by atoms with van der Waals surface area (Å²) in [5, 5.41) is 18.2. The zero-order valence-electron chi connectivity index (χ0n) is 14.0. The Morgan fingerprint density at radius 3 is 2.38 bits per heavy atom. The van der Waals surface area contributed by atoms with E-state index in [4.69, 9.17) is 4.42 Å². The Morgan fingerprint density at radius 2 is 1.71 bits per heavy atom. The first-order valence-electron chi connectivity index (χ1n) is 7.94. The van der Waals surface area contributed by atoms with Crippen molar-refractivity contribution in [2.45, 2.75) is 26.7 Å². The number of azo groups is 1. The number of aromatic hydroxyl groups is 1. The highest BCUT2D eigenvalue weighted by molar-refractivity contribution is 5.65. The summed E-state index contributed by atoms with van der Waals surface area (Å²) in [6.45, 7) is 6.29. The molecular formula is C20H20N2O2. The van der Waals surface area contributed by atoms with E-state index in [2.05, 4.69) is 36.2 Å². The number of benzene rings is 2. The Labute approximate surface area is 141 Å². The molecule has 0 radical (unpaired) electrons. The Morgan fingerprint density at radius 1 is 0.958 bits per heavy atom. The quantitative estimate of drug-likeness (QED) is 0.558. The monoisotopic (exact) mass is 320 g/mol. The van der Waals surface area contributed by atoms with Crippen LogP contribution in [0.3, 0.4) is 0 Å². The predicted molar refractivity (Wildman–Crippen MR) is 95.3 cm³/mol. The van der Waals surface area contributed by atoms with Crippen molar-refractivity contribution in [1.29, 1.82) is 0 Å². The highest BCUT2D eigenvalue weighted by Crippen LogP contribution is 2.37. The molecule has 0 spiro atoms. The standard InChI is InChI=1S/C20H20N2O2/c1-13(2)15-7-9-16(10-8-15)19-12-18(20(23)24-19)22-21-17-6-4-5-14(3)11-17/h4-13,23H,1-3H3. The molecule has 0 amide bonds. The van der Waals surface area contributed by atoms with Crippen LogP contribution in [0.4, 0.5) is 11.4 Å². The van der Waals surface area contributed by atoms with Gasteiger partial charge in [0.25, 0.3) is 0 Å². The summed E-state index contributed by atoms with van der Waals surface area (Å²) in [5.74, 6) is 0.818. The molecule has 0 aliphatic heterocycles. The van der Waals surface area contributed by atoms with Gasteiger partial charge in [0.15, 0.2) is 5.69 Å². The fourth-order valence-electron chi connectivity index (χ4n) is 2.42. The minimum Gasteiger partial charge on any atom is -0.479 e. The van der Waals surface area contributed by atoms with Crippen molar-refractivity contribution in [3.8, 4) is 17.3 Å². The van der Waals surface area contributed by atoms with E-state index >= 15 is 0 Å². The largest absolute Gasteiger partial charge is 0.479 e. The molecule has 0 aliphatic carbocycles. The predicted octanol–water partition coefficient (Wildman–Crippen LogP) is 6.50. The summed E-state index contributed by atoms with van der Waals surface area (Å²) in [4.78, 5) is 0. The lowest BCUT2D eigenvalue weighted by molar-refractivity contribution is 0.339. The SMILES string of the molecule is Cc1cccc(N=Nc2cc(-c3ccc(C(C)C)cc3)oc2O)c1. The Balaban J connectivity index is 1.84. The number of rotatable bonds is 4. The number of nitrogens with zero attached hydrogens (tertiary/aromatic N) is 2. The van der Waals surface area contributed by atoms with Crippen molar-refractivity contribution in [2.24, 2.45) is 10.2 Å². The number of hydrogen-bond acceptors (Lipinski definition) is 4. The van der Waals surface area contributed by atoms with Gasteiger partial charge < -0.3 is 9.52 Å². The molecule has 0 aliphatic rings. The highest BCUT2D eigenvalue weighted by atomic mass is 16.5. The molecule has 122 valence electrons. The van der Waals surface area contributed by atoms with Crippen LogP contribution in [0, 0.1) is 6.92 Å². The topological polar surface area (TPSA) is 58.1 Å². The molecule has 0 saturated heterocycles. The van der Waals surface area contributed by atoms with Gasteiger partial charge in [0.2, 0.25) is 0 Å². The number of aryl methyl sites for hydroxylation is 1. The average molecular weight is 320 g/mol. The van der Waals surface area contributed by atoms with Crippen LogP contribution in [0.5, 0.6) is 5.95 Å². The Kier molecular flexibility index (Phi) is 4.47. The van der Waals surface area contributed by atoms with Gasteiger partial charge in [0, 0.05) is 11.6 Å². The first-order chi connectivity index (χ1) is 11.5. The normalized spacial score (nSPS) is 11.5. The first kappa shape index (κ1) is 16.0. The van der Waals surface area contributed by atoms with Gasteiger partial charge >= 0.3 is 5.95 Å². The lowest BCUT2D eigenvalue weighted by atomic mass is 10.0. The minimum atomic E-state index is -0.227. The second-order valence-corrected chi connectivity index (χ2v) is 6.12. The highest BCUT2D eigenvalue weighted by Gasteiger charge is 2.12. The number of furan rings is 1. The molecule has 0 unspecified atom stereocenters. The van der Waals surface area contributed by atoms with Crippen LogP contribution in [-0.4, -0.2) is 5.11 Å². The zero-order valence-corrected chi connectivity index (χ0v) is 14.0. The van der Waals surface area contributed by atoms with Crippen LogP contribution in [0.1, 0.15) is 30.9 Å². The summed E-state index contributed by atoms with van der Waals surface area (Å²) < 4.78 is 5.42. The van der Waals surface area contributed by atoms with Gasteiger partial charge in [0.1, 0.15) is 5.76 Å². The fourth-order valence-corrected chi connectivity index (χ4v) is 2.42. The van der Waals surface area contributed by atoms with Crippen molar-refractivity contribution >= 4 is 11.4 Å². The summed E-state index contributed by atoms with van der Waals surface area (Å²) in [6.07, 6.45) is 0. The summed E-state index contributed by atoms with van der Waals surface area (Å²) in [7, 11) is 0. The van der Waals surface area contributed by atoms with Crippen LogP contribution < -0.4 is 0 Å². The van der Waals surface area contributed by atoms with Gasteiger partial charge in [-0.15, -0.1) is 5.11 Å². The average Bonchev–Trinajstić information content (AvgIpc) is 2.94. The lowest BCUT2D eigenvalue weighted by Gasteiger charge is -2.05. The molecular weight excluding hydrogens is 300 g/mol. The third-order valence-corrected chi connectivity index (χ3v) is 3.83. The summed E-state index contributed by atoms with van der Waals surface area (Å²) in [5.41, 5.74) is 4.31. The molecule has 3 aromatic rings. The molecule has 0 saturated carbocycles. The van der Waals surface area contributed by atoms with Crippen molar-refractivity contribution < 1.29 is 9.52 Å². The van der Waals surface area contributed by atoms with E-state index in [0.29, 0.717) is 17.4 Å². The fraction of sp³-hybridized carbons (Fsp3) is 0.200. The Hall–Kier alpha value is -2.88. The van der Waals surface area contributed by atoms with Gasteiger partial charge in [0.05, 0.1) is 5.69 Å². The molecule has 3 rings (SSSR count). The third kappa shape index (κ3) is 3.54. The van der Waals surface area contributed by atoms with Crippen molar-refractivity contribution in [1.82, 2.24) is 0 Å². The second-order valence-electron chi connectivity index (χ2n) is 6.12. The van der Waals surface area contributed by atoms with E-state index in [1.165, 1.54) is 5.56 Å². The summed E-state index contributed by atoms with van der Waals surface area (Å²) >= 11 is 0. The van der Waals surface area contributed by atoms with Crippen molar-refractivity contribution in [3.05, 3.63) is 65.7 Å². The van der Waals surface area contributed by atoms with Crippen LogP contribution in [-0.2, 0) is 0 Å². The lowest BCUT2D eigenvalue weighted by Crippen LogP contribution is -1.85. The van der Waals surface area contributed by atoms with Crippen LogP contribution in [0.2, 0.25) is 0 Å². The molecule has 1 N–H and O–H groups in total. The molecule has 1 heterocycles. The van der Waals surface area contributed by atoms with E-state index in [1.807, 2.05) is 43.3 Å². The van der Waals surface area contributed by atoms with E-state index in [9.17, 15) is 5.11 Å². The van der Waals surface area contributed by atoms with Crippen molar-refractivity contribution in [3.63, 3.8) is 0 Å². The third-order valence-electron chi connectivity index (χ3n) is 3.83. The molecule has 4 nitrogen and oxygen atoms in total. The maximum atomic E-state index is 9.95. The molecule has 0 bridgehead atoms. The van der Waals surface area contributed by atoms with Crippen molar-refractivity contribution in [2.75, 3.05) is 0 Å². The van der Waals surface area contributed by atoms with E-state index in [-0.39, 0.29) is 5.95 Å². The number of hydrogen-bond donors (Lipinski definition) is 1. The molecule has 0 fully saturated rings. The van der Waals surface area contributed by atoms with E-state index in [0.717, 1.165) is 16.8 Å². The van der Waals surface area contributed by atoms with Crippen LogP contribution >= 0.6 is 0 Å². The van der Waals surface area contributed by atoms with E-state index in [1.54, 1.807) is 6.07 Å². The molecule has 24 heavy (non-hydrogen) atoms. The zero-order chi connectivity index (χ0) is 17.1. The maximum absolute atomic E-state index is 9.95. The van der Waals surface area contributed by atoms with Gasteiger partial charge in [-0.2, -0.15) is 5.11 Å². The van der Waals surface area contributed by atoms with Gasteiger partial charge in [-0.05, 0) is 36.1 Å². The molecule has 1 aromatic heterocycles. The van der Waals surface area contributed by atoms with Gasteiger partial charge in [-0.3, -0.25) is 0 Å². The molecule has 2 aromatic carbocycles. The van der Waals surface area contributed by atoms with Crippen LogP contribution in [0.15, 0.2) is 69.2 Å². The minimum absolute atomic E-state index is 0.227. The summed E-state index contributed by atoms with van der Waals surface area (Å²) in [6, 6.07) is 17.5. The van der Waals surface area contributed by atoms with Gasteiger partial charge in [-0.1, -0.05) is 50.2 Å². The molecule has 4 heteroatoms. The smallest absolute Gasteiger partial charge is 0.311 e. The Bertz CT molecular complexity index is 862. The molecule has 0 atom stereocenters. The maximum Gasteiger partial charge on any atom is 0.311 e. The van der Waals surface area contributed by atoms with Gasteiger partial charge in [-0.25, -0.2) is 0 Å². The van der Waals surface area contributed by atoms with Crippen LogP contribution in [0.25, 0.3) is 11.3 Å². The second kappa shape index (κ2) is 6.71. The van der Waals surface area contributed by atoms with E-state index < -0.39 is 0 Å².